The molecule has 110 valence electrons. The lowest BCUT2D eigenvalue weighted by Crippen LogP contribution is -2.24. The molecule has 2 heterocycles. The molecule has 0 atom stereocenters. The third-order valence-corrected chi connectivity index (χ3v) is 3.58. The number of anilines is 1. The molecule has 0 saturated carbocycles. The second-order valence-electron chi connectivity index (χ2n) is 4.93. The van der Waals surface area contributed by atoms with E-state index in [0.717, 1.165) is 10.9 Å². The highest BCUT2D eigenvalue weighted by Gasteiger charge is 2.32. The number of amides is 1. The number of likely N-dealkylation sites (N-methyl/N-ethyl adjacent to an activating group) is 1. The van der Waals surface area contributed by atoms with Crippen molar-refractivity contribution in [1.82, 2.24) is 4.98 Å². The standard InChI is InChI=1S/C9H7NO2.C8H7NO/c1-10-7-5-3-2-4-6(7)8(11)9(10)12;10-8-5-9-7-4-2-1-3-6(7)8/h2-5H,1H3;1-5,9-10H. The zero-order valence-corrected chi connectivity index (χ0v) is 11.9. The van der Waals surface area contributed by atoms with Crippen LogP contribution in [-0.4, -0.2) is 28.8 Å². The average Bonchev–Trinajstić information content (AvgIpc) is 3.04. The number of H-pyrrole nitrogens is 1. The first-order chi connectivity index (χ1) is 10.6. The first kappa shape index (κ1) is 13.9. The molecule has 1 amide bonds. The summed E-state index contributed by atoms with van der Waals surface area (Å²) in [6.45, 7) is 0. The molecule has 0 bridgehead atoms. The number of carbonyl (C=O) groups excluding carboxylic acids is 2. The van der Waals surface area contributed by atoms with E-state index in [-0.39, 0.29) is 0 Å². The Labute approximate surface area is 126 Å². The summed E-state index contributed by atoms with van der Waals surface area (Å²) < 4.78 is 0. The molecule has 0 saturated heterocycles. The van der Waals surface area contributed by atoms with Crippen LogP contribution >= 0.6 is 0 Å². The molecule has 1 aliphatic heterocycles. The number of ketones is 1. The van der Waals surface area contributed by atoms with Crippen LogP contribution < -0.4 is 4.90 Å². The maximum Gasteiger partial charge on any atom is 0.299 e. The van der Waals surface area contributed by atoms with Crippen LogP contribution in [0.2, 0.25) is 0 Å². The highest BCUT2D eigenvalue weighted by Crippen LogP contribution is 2.26. The van der Waals surface area contributed by atoms with Crippen molar-refractivity contribution in [2.75, 3.05) is 11.9 Å². The molecule has 0 unspecified atom stereocenters. The SMILES string of the molecule is CN1C(=O)C(=O)c2ccccc21.Oc1c[nH]c2ccccc12. The van der Waals surface area contributed by atoms with Gasteiger partial charge in [-0.2, -0.15) is 0 Å². The minimum atomic E-state index is -0.448. The van der Waals surface area contributed by atoms with Gasteiger partial charge in [0.25, 0.3) is 11.7 Å². The number of hydrogen-bond donors (Lipinski definition) is 2. The molecule has 0 aliphatic carbocycles. The van der Waals surface area contributed by atoms with Gasteiger partial charge in [0.1, 0.15) is 5.75 Å². The Hall–Kier alpha value is -3.08. The Kier molecular flexibility index (Phi) is 3.39. The van der Waals surface area contributed by atoms with Crippen LogP contribution in [0.4, 0.5) is 5.69 Å². The van der Waals surface area contributed by atoms with Gasteiger partial charge in [-0.05, 0) is 24.3 Å². The number of benzene rings is 2. The summed E-state index contributed by atoms with van der Waals surface area (Å²) >= 11 is 0. The number of rotatable bonds is 0. The van der Waals surface area contributed by atoms with Crippen molar-refractivity contribution in [1.29, 1.82) is 0 Å². The van der Waals surface area contributed by atoms with Crippen molar-refractivity contribution in [2.45, 2.75) is 0 Å². The van der Waals surface area contributed by atoms with E-state index in [1.54, 1.807) is 37.5 Å². The molecule has 1 aromatic heterocycles. The van der Waals surface area contributed by atoms with Crippen LogP contribution in [0.1, 0.15) is 10.4 Å². The van der Waals surface area contributed by atoms with Gasteiger partial charge >= 0.3 is 0 Å². The number of aromatic hydroxyl groups is 1. The van der Waals surface area contributed by atoms with Crippen LogP contribution in [0.15, 0.2) is 54.7 Å². The molecule has 0 radical (unpaired) electrons. The van der Waals surface area contributed by atoms with E-state index >= 15 is 0 Å². The highest BCUT2D eigenvalue weighted by molar-refractivity contribution is 6.52. The number of fused-ring (bicyclic) bond motifs is 2. The number of hydrogen-bond acceptors (Lipinski definition) is 3. The van der Waals surface area contributed by atoms with Crippen molar-refractivity contribution >= 4 is 28.3 Å². The predicted molar refractivity (Wildman–Crippen MR) is 84.1 cm³/mol. The monoisotopic (exact) mass is 294 g/mol. The Bertz CT molecular complexity index is 867. The topological polar surface area (TPSA) is 73.4 Å². The summed E-state index contributed by atoms with van der Waals surface area (Å²) in [5.41, 5.74) is 2.18. The summed E-state index contributed by atoms with van der Waals surface area (Å²) in [7, 11) is 1.60. The Balaban J connectivity index is 0.000000133. The lowest BCUT2D eigenvalue weighted by atomic mass is 10.1. The number of para-hydroxylation sites is 2. The largest absolute Gasteiger partial charge is 0.506 e. The number of carbonyl (C=O) groups is 2. The van der Waals surface area contributed by atoms with Crippen LogP contribution in [0.5, 0.6) is 5.75 Å². The lowest BCUT2D eigenvalue weighted by Gasteiger charge is -2.06. The fourth-order valence-electron chi connectivity index (χ4n) is 2.39. The molecule has 5 heteroatoms. The minimum Gasteiger partial charge on any atom is -0.506 e. The summed E-state index contributed by atoms with van der Waals surface area (Å²) in [6.07, 6.45) is 1.59. The molecule has 4 rings (SSSR count). The third-order valence-electron chi connectivity index (χ3n) is 3.58. The quantitative estimate of drug-likeness (QED) is 0.626. The van der Waals surface area contributed by atoms with Crippen molar-refractivity contribution in [3.05, 3.63) is 60.3 Å². The van der Waals surface area contributed by atoms with Gasteiger partial charge in [0, 0.05) is 24.1 Å². The number of aromatic nitrogens is 1. The van der Waals surface area contributed by atoms with Crippen LogP contribution in [0.3, 0.4) is 0 Å². The fraction of sp³-hybridized carbons (Fsp3) is 0.0588. The molecule has 2 N–H and O–H groups in total. The molecule has 0 spiro atoms. The third kappa shape index (κ3) is 2.22. The van der Waals surface area contributed by atoms with E-state index in [2.05, 4.69) is 4.98 Å². The van der Waals surface area contributed by atoms with Crippen molar-refractivity contribution < 1.29 is 14.7 Å². The summed E-state index contributed by atoms with van der Waals surface area (Å²) in [4.78, 5) is 26.7. The fourth-order valence-corrected chi connectivity index (χ4v) is 2.39. The summed E-state index contributed by atoms with van der Waals surface area (Å²) in [5, 5.41) is 10.1. The molecule has 5 nitrogen and oxygen atoms in total. The van der Waals surface area contributed by atoms with Gasteiger partial charge in [-0.1, -0.05) is 24.3 Å². The lowest BCUT2D eigenvalue weighted by molar-refractivity contribution is -0.114. The average molecular weight is 294 g/mol. The van der Waals surface area contributed by atoms with Crippen molar-refractivity contribution in [3.8, 4) is 5.75 Å². The number of nitrogens with zero attached hydrogens (tertiary/aromatic N) is 1. The van der Waals surface area contributed by atoms with Crippen molar-refractivity contribution in [3.63, 3.8) is 0 Å². The molecule has 3 aromatic rings. The normalized spacial score (nSPS) is 13.0. The molecule has 1 aliphatic rings. The van der Waals surface area contributed by atoms with Gasteiger partial charge in [0.15, 0.2) is 0 Å². The van der Waals surface area contributed by atoms with Gasteiger partial charge < -0.3 is 15.0 Å². The molecular formula is C17H14N2O3. The molecule has 0 fully saturated rings. The van der Waals surface area contributed by atoms with Gasteiger partial charge in [-0.15, -0.1) is 0 Å². The van der Waals surface area contributed by atoms with Crippen molar-refractivity contribution in [2.24, 2.45) is 0 Å². The summed E-state index contributed by atoms with van der Waals surface area (Å²) in [5.74, 6) is -0.542. The molecule has 2 aromatic carbocycles. The zero-order chi connectivity index (χ0) is 15.7. The van der Waals surface area contributed by atoms with Crippen LogP contribution in [0, 0.1) is 0 Å². The first-order valence-electron chi connectivity index (χ1n) is 6.76. The number of nitrogens with one attached hydrogen (secondary N) is 1. The van der Waals surface area contributed by atoms with E-state index in [1.165, 1.54) is 4.90 Å². The van der Waals surface area contributed by atoms with Crippen LogP contribution in [-0.2, 0) is 4.79 Å². The second-order valence-corrected chi connectivity index (χ2v) is 4.93. The number of Topliss-reactive ketones (excluding diaryl/α,β-unsaturated/α-hetero) is 1. The summed E-state index contributed by atoms with van der Waals surface area (Å²) in [6, 6.07) is 14.6. The van der Waals surface area contributed by atoms with E-state index in [9.17, 15) is 14.7 Å². The zero-order valence-electron chi connectivity index (χ0n) is 11.9. The first-order valence-corrected chi connectivity index (χ1v) is 6.76. The van der Waals surface area contributed by atoms with Gasteiger partial charge in [0.2, 0.25) is 0 Å². The molecule has 22 heavy (non-hydrogen) atoms. The van der Waals surface area contributed by atoms with Gasteiger partial charge in [0.05, 0.1) is 11.3 Å². The smallest absolute Gasteiger partial charge is 0.299 e. The van der Waals surface area contributed by atoms with E-state index < -0.39 is 11.7 Å². The maximum absolute atomic E-state index is 11.2. The highest BCUT2D eigenvalue weighted by atomic mass is 16.3. The maximum atomic E-state index is 11.2. The van der Waals surface area contributed by atoms with E-state index in [4.69, 9.17) is 0 Å². The predicted octanol–water partition coefficient (Wildman–Crippen LogP) is 2.72. The van der Waals surface area contributed by atoms with Gasteiger partial charge in [-0.25, -0.2) is 0 Å². The Morgan fingerprint density at radius 2 is 1.68 bits per heavy atom. The molecular weight excluding hydrogens is 280 g/mol. The number of aromatic amines is 1. The van der Waals surface area contributed by atoms with Gasteiger partial charge in [-0.3, -0.25) is 9.59 Å². The second kappa shape index (κ2) is 5.37. The van der Waals surface area contributed by atoms with Crippen LogP contribution in [0.25, 0.3) is 10.9 Å². The van der Waals surface area contributed by atoms with E-state index in [1.807, 2.05) is 24.3 Å². The Morgan fingerprint density at radius 1 is 1.00 bits per heavy atom. The van der Waals surface area contributed by atoms with E-state index in [0.29, 0.717) is 17.0 Å². The Morgan fingerprint density at radius 3 is 2.41 bits per heavy atom. The minimum absolute atomic E-state index is 0.315.